The van der Waals surface area contributed by atoms with Gasteiger partial charge in [-0.2, -0.15) is 0 Å². The van der Waals surface area contributed by atoms with E-state index in [0.717, 1.165) is 40.6 Å². The number of carboxylic acids is 1. The van der Waals surface area contributed by atoms with Crippen molar-refractivity contribution in [2.75, 3.05) is 13.1 Å². The number of rotatable bonds is 4. The molecule has 110 valence electrons. The molecule has 0 aromatic carbocycles. The molecule has 6 heteroatoms. The molecule has 0 saturated carbocycles. The van der Waals surface area contributed by atoms with Crippen molar-refractivity contribution >= 4 is 37.8 Å². The Kier molecular flexibility index (Phi) is 5.99. The highest BCUT2D eigenvalue weighted by Gasteiger charge is 2.26. The molecule has 4 nitrogen and oxygen atoms in total. The number of hydrogen-bond donors (Lipinski definition) is 1. The van der Waals surface area contributed by atoms with Gasteiger partial charge in [0.15, 0.2) is 0 Å². The molecule has 1 aliphatic rings. The van der Waals surface area contributed by atoms with Crippen molar-refractivity contribution in [2.45, 2.75) is 38.1 Å². The van der Waals surface area contributed by atoms with E-state index in [9.17, 15) is 9.90 Å². The highest BCUT2D eigenvalue weighted by atomic mass is 79.9. The number of carbonyl (C=O) groups is 1. The Bertz CT molecular complexity index is 474. The number of aliphatic carboxylic acids is 1. The third-order valence-electron chi connectivity index (χ3n) is 3.60. The van der Waals surface area contributed by atoms with Crippen LogP contribution in [0.2, 0.25) is 0 Å². The Morgan fingerprint density at radius 1 is 1.30 bits per heavy atom. The quantitative estimate of drug-likeness (QED) is 0.822. The van der Waals surface area contributed by atoms with Crippen LogP contribution >= 0.6 is 31.9 Å². The SMILES string of the molecule is O=C(O)CC(c1ncc(Br)cc1Br)N1CCCCCC1. The number of likely N-dealkylation sites (tertiary alicyclic amines) is 1. The lowest BCUT2D eigenvalue weighted by Crippen LogP contribution is -2.32. The second-order valence-electron chi connectivity index (χ2n) is 5.08. The third-order valence-corrected chi connectivity index (χ3v) is 4.67. The molecule has 2 heterocycles. The molecule has 20 heavy (non-hydrogen) atoms. The first-order valence-electron chi connectivity index (χ1n) is 6.84. The van der Waals surface area contributed by atoms with Crippen LogP contribution < -0.4 is 0 Å². The molecule has 1 aliphatic heterocycles. The van der Waals surface area contributed by atoms with Crippen molar-refractivity contribution < 1.29 is 9.90 Å². The predicted molar refractivity (Wildman–Crippen MR) is 84.7 cm³/mol. The lowest BCUT2D eigenvalue weighted by Gasteiger charge is -2.29. The van der Waals surface area contributed by atoms with Gasteiger partial charge in [-0.3, -0.25) is 14.7 Å². The Morgan fingerprint density at radius 2 is 1.95 bits per heavy atom. The monoisotopic (exact) mass is 404 g/mol. The molecule has 1 aromatic heterocycles. The number of pyridine rings is 1. The van der Waals surface area contributed by atoms with Crippen molar-refractivity contribution in [1.82, 2.24) is 9.88 Å². The van der Waals surface area contributed by atoms with E-state index in [-0.39, 0.29) is 12.5 Å². The van der Waals surface area contributed by atoms with Gasteiger partial charge in [0, 0.05) is 15.1 Å². The molecule has 1 atom stereocenters. The van der Waals surface area contributed by atoms with Crippen LogP contribution in [0.15, 0.2) is 21.2 Å². The average molecular weight is 406 g/mol. The van der Waals surface area contributed by atoms with Gasteiger partial charge in [-0.25, -0.2) is 0 Å². The predicted octanol–water partition coefficient (Wildman–Crippen LogP) is 4.00. The van der Waals surface area contributed by atoms with Gasteiger partial charge in [-0.15, -0.1) is 0 Å². The zero-order valence-corrected chi connectivity index (χ0v) is 14.4. The fraction of sp³-hybridized carbons (Fsp3) is 0.571. The van der Waals surface area contributed by atoms with E-state index in [1.807, 2.05) is 6.07 Å². The van der Waals surface area contributed by atoms with Crippen molar-refractivity contribution in [1.29, 1.82) is 0 Å². The molecule has 0 aliphatic carbocycles. The van der Waals surface area contributed by atoms with Gasteiger partial charge in [0.25, 0.3) is 0 Å². The highest BCUT2D eigenvalue weighted by Crippen LogP contribution is 2.32. The van der Waals surface area contributed by atoms with Crippen LogP contribution in [-0.2, 0) is 4.79 Å². The zero-order chi connectivity index (χ0) is 14.5. The van der Waals surface area contributed by atoms with E-state index in [4.69, 9.17) is 0 Å². The largest absolute Gasteiger partial charge is 0.481 e. The molecule has 1 fully saturated rings. The van der Waals surface area contributed by atoms with Crippen LogP contribution in [0.25, 0.3) is 0 Å². The molecule has 0 radical (unpaired) electrons. The molecule has 0 spiro atoms. The fourth-order valence-corrected chi connectivity index (χ4v) is 3.89. The van der Waals surface area contributed by atoms with Crippen molar-refractivity contribution in [3.63, 3.8) is 0 Å². The molecule has 1 unspecified atom stereocenters. The minimum atomic E-state index is -0.782. The topological polar surface area (TPSA) is 53.4 Å². The van der Waals surface area contributed by atoms with E-state index in [2.05, 4.69) is 41.7 Å². The highest BCUT2D eigenvalue weighted by molar-refractivity contribution is 9.11. The summed E-state index contributed by atoms with van der Waals surface area (Å²) in [7, 11) is 0. The van der Waals surface area contributed by atoms with Crippen molar-refractivity contribution in [3.8, 4) is 0 Å². The first-order valence-corrected chi connectivity index (χ1v) is 8.43. The van der Waals surface area contributed by atoms with Gasteiger partial charge < -0.3 is 5.11 Å². The molecular weight excluding hydrogens is 388 g/mol. The molecular formula is C14H18Br2N2O2. The number of hydrogen-bond acceptors (Lipinski definition) is 3. The normalized spacial score (nSPS) is 18.5. The minimum Gasteiger partial charge on any atom is -0.481 e. The summed E-state index contributed by atoms with van der Waals surface area (Å²) in [4.78, 5) is 17.9. The van der Waals surface area contributed by atoms with Crippen molar-refractivity contribution in [3.05, 3.63) is 26.9 Å². The Labute approximate surface area is 135 Å². The standard InChI is InChI=1S/C14H18Br2N2O2/c15-10-7-11(16)14(17-9-10)12(8-13(19)20)18-5-3-1-2-4-6-18/h7,9,12H,1-6,8H2,(H,19,20). The lowest BCUT2D eigenvalue weighted by molar-refractivity contribution is -0.138. The molecule has 2 rings (SSSR count). The Balaban J connectivity index is 2.27. The summed E-state index contributed by atoms with van der Waals surface area (Å²) in [5.41, 5.74) is 0.817. The zero-order valence-electron chi connectivity index (χ0n) is 11.2. The summed E-state index contributed by atoms with van der Waals surface area (Å²) in [6.45, 7) is 1.89. The summed E-state index contributed by atoms with van der Waals surface area (Å²) >= 11 is 6.89. The molecule has 0 amide bonds. The van der Waals surface area contributed by atoms with E-state index in [1.165, 1.54) is 12.8 Å². The van der Waals surface area contributed by atoms with Crippen LogP contribution in [-0.4, -0.2) is 34.0 Å². The van der Waals surface area contributed by atoms with E-state index in [0.29, 0.717) is 0 Å². The van der Waals surface area contributed by atoms with Gasteiger partial charge in [0.05, 0.1) is 18.2 Å². The van der Waals surface area contributed by atoms with Gasteiger partial charge in [-0.1, -0.05) is 12.8 Å². The smallest absolute Gasteiger partial charge is 0.305 e. The first-order chi connectivity index (χ1) is 9.58. The van der Waals surface area contributed by atoms with Gasteiger partial charge in [0.2, 0.25) is 0 Å². The number of aromatic nitrogens is 1. The van der Waals surface area contributed by atoms with Crippen LogP contribution in [0.4, 0.5) is 0 Å². The van der Waals surface area contributed by atoms with E-state index < -0.39 is 5.97 Å². The lowest BCUT2D eigenvalue weighted by atomic mass is 10.1. The fourth-order valence-electron chi connectivity index (χ4n) is 2.64. The van der Waals surface area contributed by atoms with Gasteiger partial charge in [0.1, 0.15) is 0 Å². The number of halogens is 2. The third kappa shape index (κ3) is 4.27. The van der Waals surface area contributed by atoms with Crippen LogP contribution in [0.1, 0.15) is 43.8 Å². The molecule has 1 saturated heterocycles. The maximum Gasteiger partial charge on any atom is 0.305 e. The Hall–Kier alpha value is -0.460. The van der Waals surface area contributed by atoms with E-state index >= 15 is 0 Å². The molecule has 0 bridgehead atoms. The Morgan fingerprint density at radius 3 is 2.50 bits per heavy atom. The first kappa shape index (κ1) is 15.9. The number of nitrogens with zero attached hydrogens (tertiary/aromatic N) is 2. The maximum absolute atomic E-state index is 11.2. The maximum atomic E-state index is 11.2. The van der Waals surface area contributed by atoms with Crippen LogP contribution in [0, 0.1) is 0 Å². The van der Waals surface area contributed by atoms with Gasteiger partial charge >= 0.3 is 5.97 Å². The van der Waals surface area contributed by atoms with E-state index in [1.54, 1.807) is 6.20 Å². The summed E-state index contributed by atoms with van der Waals surface area (Å²) in [5, 5.41) is 9.21. The van der Waals surface area contributed by atoms with Crippen LogP contribution in [0.3, 0.4) is 0 Å². The summed E-state index contributed by atoms with van der Waals surface area (Å²) in [5.74, 6) is -0.782. The minimum absolute atomic E-state index is 0.0905. The number of carboxylic acid groups (broad SMARTS) is 1. The summed E-state index contributed by atoms with van der Waals surface area (Å²) in [6, 6.07) is 1.77. The summed E-state index contributed by atoms with van der Waals surface area (Å²) in [6.07, 6.45) is 6.53. The second-order valence-corrected chi connectivity index (χ2v) is 6.85. The van der Waals surface area contributed by atoms with Crippen molar-refractivity contribution in [2.24, 2.45) is 0 Å². The molecule has 1 N–H and O–H groups in total. The summed E-state index contributed by atoms with van der Waals surface area (Å²) < 4.78 is 1.75. The molecule has 1 aromatic rings. The average Bonchev–Trinajstić information content (AvgIpc) is 2.65. The van der Waals surface area contributed by atoms with Gasteiger partial charge in [-0.05, 0) is 63.9 Å². The van der Waals surface area contributed by atoms with Crippen LogP contribution in [0.5, 0.6) is 0 Å². The second kappa shape index (κ2) is 7.52.